The Morgan fingerprint density at radius 1 is 1.03 bits per heavy atom. The second-order valence-electron chi connectivity index (χ2n) is 7.43. The smallest absolute Gasteiger partial charge is 0.251 e. The van der Waals surface area contributed by atoms with Crippen molar-refractivity contribution in [3.63, 3.8) is 0 Å². The molecule has 0 radical (unpaired) electrons. The van der Waals surface area contributed by atoms with E-state index in [0.717, 1.165) is 22.4 Å². The van der Waals surface area contributed by atoms with Crippen molar-refractivity contribution in [2.24, 2.45) is 0 Å². The molecule has 7 heteroatoms. The van der Waals surface area contributed by atoms with E-state index in [1.54, 1.807) is 24.8 Å². The maximum atomic E-state index is 13.1. The van der Waals surface area contributed by atoms with Crippen LogP contribution in [0.15, 0.2) is 67.3 Å². The summed E-state index contributed by atoms with van der Waals surface area (Å²) >= 11 is 0. The number of carbonyl (C=O) groups is 1. The molecule has 156 valence electrons. The third kappa shape index (κ3) is 4.50. The summed E-state index contributed by atoms with van der Waals surface area (Å²) in [5.74, 6) is -0.177. The monoisotopic (exact) mass is 412 g/mol. The Balaban J connectivity index is 1.74. The van der Waals surface area contributed by atoms with Gasteiger partial charge in [0.05, 0.1) is 29.8 Å². The number of nitrogens with zero attached hydrogens (tertiary/aromatic N) is 5. The van der Waals surface area contributed by atoms with Crippen molar-refractivity contribution in [3.05, 3.63) is 84.1 Å². The Kier molecular flexibility index (Phi) is 5.84. The van der Waals surface area contributed by atoms with Crippen LogP contribution in [0.4, 0.5) is 0 Å². The molecule has 1 atom stereocenters. The van der Waals surface area contributed by atoms with Gasteiger partial charge in [0, 0.05) is 30.1 Å². The zero-order valence-electron chi connectivity index (χ0n) is 17.8. The number of amides is 1. The summed E-state index contributed by atoms with van der Waals surface area (Å²) in [7, 11) is 0. The van der Waals surface area contributed by atoms with Gasteiger partial charge < -0.3 is 5.32 Å². The zero-order chi connectivity index (χ0) is 21.8. The lowest BCUT2D eigenvalue weighted by atomic mass is 9.97. The molecule has 0 saturated heterocycles. The van der Waals surface area contributed by atoms with Crippen LogP contribution in [0.1, 0.15) is 41.5 Å². The van der Waals surface area contributed by atoms with Crippen molar-refractivity contribution >= 4 is 5.91 Å². The van der Waals surface area contributed by atoms with Crippen LogP contribution in [0, 0.1) is 6.92 Å². The fourth-order valence-electron chi connectivity index (χ4n) is 3.42. The molecular formula is C24H24N6O. The van der Waals surface area contributed by atoms with Crippen LogP contribution >= 0.6 is 0 Å². The van der Waals surface area contributed by atoms with Gasteiger partial charge in [-0.05, 0) is 50.1 Å². The Bertz CT molecular complexity index is 1180. The van der Waals surface area contributed by atoms with Crippen LogP contribution in [0.25, 0.3) is 22.4 Å². The highest BCUT2D eigenvalue weighted by atomic mass is 16.1. The highest BCUT2D eigenvalue weighted by Gasteiger charge is 2.16. The van der Waals surface area contributed by atoms with E-state index in [2.05, 4.69) is 62.9 Å². The molecule has 2 aromatic heterocycles. The van der Waals surface area contributed by atoms with Crippen LogP contribution in [0.3, 0.4) is 0 Å². The van der Waals surface area contributed by atoms with E-state index in [4.69, 9.17) is 0 Å². The SMILES string of the molecule is CCn1nncc1-c1cc(C(=O)NC(C)c2cnccn2)cc(-c2ccc(C)cc2)c1. The molecule has 1 amide bonds. The fraction of sp³-hybridized carbons (Fsp3) is 0.208. The molecule has 0 aliphatic rings. The molecule has 1 N–H and O–H groups in total. The average Bonchev–Trinajstić information content (AvgIpc) is 3.29. The van der Waals surface area contributed by atoms with Gasteiger partial charge in [-0.2, -0.15) is 0 Å². The molecule has 2 aromatic carbocycles. The number of nitrogens with one attached hydrogen (secondary N) is 1. The fourth-order valence-corrected chi connectivity index (χ4v) is 3.42. The van der Waals surface area contributed by atoms with E-state index in [0.29, 0.717) is 17.8 Å². The molecule has 4 aromatic rings. The minimum absolute atomic E-state index is 0.177. The third-order valence-corrected chi connectivity index (χ3v) is 5.17. The summed E-state index contributed by atoms with van der Waals surface area (Å²) < 4.78 is 1.82. The Morgan fingerprint density at radius 2 is 1.81 bits per heavy atom. The van der Waals surface area contributed by atoms with Crippen LogP contribution in [0.5, 0.6) is 0 Å². The van der Waals surface area contributed by atoms with Crippen molar-refractivity contribution in [1.29, 1.82) is 0 Å². The summed E-state index contributed by atoms with van der Waals surface area (Å²) in [5, 5.41) is 11.2. The Hall–Kier alpha value is -3.87. The first-order valence-electron chi connectivity index (χ1n) is 10.2. The molecule has 0 spiro atoms. The minimum Gasteiger partial charge on any atom is -0.344 e. The number of rotatable bonds is 6. The van der Waals surface area contributed by atoms with Crippen molar-refractivity contribution in [3.8, 4) is 22.4 Å². The van der Waals surface area contributed by atoms with Gasteiger partial charge in [0.15, 0.2) is 0 Å². The van der Waals surface area contributed by atoms with Gasteiger partial charge in [0.1, 0.15) is 0 Å². The van der Waals surface area contributed by atoms with Gasteiger partial charge in [0.2, 0.25) is 0 Å². The zero-order valence-corrected chi connectivity index (χ0v) is 17.8. The lowest BCUT2D eigenvalue weighted by Crippen LogP contribution is -2.27. The summed E-state index contributed by atoms with van der Waals surface area (Å²) in [4.78, 5) is 21.5. The standard InChI is InChI=1S/C24H24N6O/c1-4-30-23(15-27-29-30)20-11-19(18-7-5-16(2)6-8-18)12-21(13-20)24(31)28-17(3)22-14-25-9-10-26-22/h5-15,17H,4H2,1-3H3,(H,28,31). The summed E-state index contributed by atoms with van der Waals surface area (Å²) in [6.45, 7) is 6.65. The number of carbonyl (C=O) groups excluding carboxylic acids is 1. The van der Waals surface area contributed by atoms with Crippen molar-refractivity contribution in [2.45, 2.75) is 33.4 Å². The first kappa shape index (κ1) is 20.4. The Morgan fingerprint density at radius 3 is 2.52 bits per heavy atom. The first-order chi connectivity index (χ1) is 15.0. The first-order valence-corrected chi connectivity index (χ1v) is 10.2. The molecular weight excluding hydrogens is 388 g/mol. The van der Waals surface area contributed by atoms with Gasteiger partial charge in [0.25, 0.3) is 5.91 Å². The second kappa shape index (κ2) is 8.87. The van der Waals surface area contributed by atoms with Crippen molar-refractivity contribution < 1.29 is 4.79 Å². The molecule has 0 saturated carbocycles. The quantitative estimate of drug-likeness (QED) is 0.512. The van der Waals surface area contributed by atoms with Crippen molar-refractivity contribution in [1.82, 2.24) is 30.3 Å². The topological polar surface area (TPSA) is 85.6 Å². The lowest BCUT2D eigenvalue weighted by Gasteiger charge is -2.15. The molecule has 7 nitrogen and oxygen atoms in total. The van der Waals surface area contributed by atoms with E-state index in [1.165, 1.54) is 5.56 Å². The van der Waals surface area contributed by atoms with Crippen molar-refractivity contribution in [2.75, 3.05) is 0 Å². The largest absolute Gasteiger partial charge is 0.344 e. The molecule has 0 aliphatic heterocycles. The van der Waals surface area contributed by atoms with E-state index in [9.17, 15) is 4.79 Å². The number of hydrogen-bond donors (Lipinski definition) is 1. The number of aryl methyl sites for hydroxylation is 2. The molecule has 0 aliphatic carbocycles. The number of benzene rings is 2. The van der Waals surface area contributed by atoms with Gasteiger partial charge in [-0.25, -0.2) is 4.68 Å². The molecule has 2 heterocycles. The predicted octanol–water partition coefficient (Wildman–Crippen LogP) is 4.22. The highest BCUT2D eigenvalue weighted by molar-refractivity contribution is 5.97. The van der Waals surface area contributed by atoms with Crippen LogP contribution < -0.4 is 5.32 Å². The van der Waals surface area contributed by atoms with Crippen LogP contribution in [-0.2, 0) is 6.54 Å². The lowest BCUT2D eigenvalue weighted by molar-refractivity contribution is 0.0939. The third-order valence-electron chi connectivity index (χ3n) is 5.17. The maximum absolute atomic E-state index is 13.1. The van der Waals surface area contributed by atoms with E-state index in [1.807, 2.05) is 30.7 Å². The van der Waals surface area contributed by atoms with E-state index >= 15 is 0 Å². The summed E-state index contributed by atoms with van der Waals surface area (Å²) in [6, 6.07) is 13.8. The molecule has 0 fully saturated rings. The molecule has 31 heavy (non-hydrogen) atoms. The Labute approximate surface area is 181 Å². The van der Waals surface area contributed by atoms with Gasteiger partial charge >= 0.3 is 0 Å². The van der Waals surface area contributed by atoms with E-state index < -0.39 is 0 Å². The average molecular weight is 412 g/mol. The van der Waals surface area contributed by atoms with Gasteiger partial charge in [-0.3, -0.25) is 14.8 Å². The number of aromatic nitrogens is 5. The summed E-state index contributed by atoms with van der Waals surface area (Å²) in [6.07, 6.45) is 6.61. The van der Waals surface area contributed by atoms with Crippen LogP contribution in [0.2, 0.25) is 0 Å². The normalized spacial score (nSPS) is 11.8. The maximum Gasteiger partial charge on any atom is 0.251 e. The van der Waals surface area contributed by atoms with Crippen LogP contribution in [-0.4, -0.2) is 30.9 Å². The van der Waals surface area contributed by atoms with Gasteiger partial charge in [-0.15, -0.1) is 5.10 Å². The second-order valence-corrected chi connectivity index (χ2v) is 7.43. The minimum atomic E-state index is -0.268. The molecule has 0 bridgehead atoms. The highest BCUT2D eigenvalue weighted by Crippen LogP contribution is 2.28. The van der Waals surface area contributed by atoms with Gasteiger partial charge in [-0.1, -0.05) is 35.0 Å². The molecule has 4 rings (SSSR count). The predicted molar refractivity (Wildman–Crippen MR) is 119 cm³/mol. The molecule has 1 unspecified atom stereocenters. The summed E-state index contributed by atoms with van der Waals surface area (Å²) in [5.41, 5.74) is 6.21. The number of hydrogen-bond acceptors (Lipinski definition) is 5. The van der Waals surface area contributed by atoms with E-state index in [-0.39, 0.29) is 11.9 Å².